The minimum atomic E-state index is -0.361. The lowest BCUT2D eigenvalue weighted by molar-refractivity contribution is -0.117. The van der Waals surface area contributed by atoms with Gasteiger partial charge in [0.1, 0.15) is 12.2 Å². The van der Waals surface area contributed by atoms with Crippen molar-refractivity contribution < 1.29 is 9.21 Å². The molecule has 0 saturated carbocycles. The van der Waals surface area contributed by atoms with Gasteiger partial charge >= 0.3 is 0 Å². The van der Waals surface area contributed by atoms with Gasteiger partial charge in [0.15, 0.2) is 10.9 Å². The van der Waals surface area contributed by atoms with E-state index in [1.165, 1.54) is 23.7 Å². The van der Waals surface area contributed by atoms with Gasteiger partial charge in [0, 0.05) is 11.4 Å². The molecule has 3 aromatic rings. The van der Waals surface area contributed by atoms with Gasteiger partial charge < -0.3 is 9.73 Å². The molecule has 22 heavy (non-hydrogen) atoms. The molecule has 1 amide bonds. The van der Waals surface area contributed by atoms with Gasteiger partial charge in [0.05, 0.1) is 12.0 Å². The highest BCUT2D eigenvalue weighted by Gasteiger charge is 2.10. The van der Waals surface area contributed by atoms with Crippen molar-refractivity contribution in [1.82, 2.24) is 14.8 Å². The second-order valence-electron chi connectivity index (χ2n) is 4.53. The molecule has 0 spiro atoms. The van der Waals surface area contributed by atoms with Crippen LogP contribution >= 0.6 is 11.3 Å². The number of aromatic nitrogens is 3. The van der Waals surface area contributed by atoms with Crippen molar-refractivity contribution in [2.24, 2.45) is 0 Å². The number of thiazole rings is 1. The molecule has 0 aliphatic heterocycles. The molecule has 0 atom stereocenters. The summed E-state index contributed by atoms with van der Waals surface area (Å²) >= 11 is 1.33. The summed E-state index contributed by atoms with van der Waals surface area (Å²) in [7, 11) is 0. The number of aryl methyl sites for hydroxylation is 1. The molecule has 1 N–H and O–H groups in total. The zero-order valence-corrected chi connectivity index (χ0v) is 12.5. The molecule has 3 aromatic heterocycles. The van der Waals surface area contributed by atoms with Crippen molar-refractivity contribution in [3.63, 3.8) is 0 Å². The van der Waals surface area contributed by atoms with Crippen LogP contribution in [0.3, 0.4) is 0 Å². The van der Waals surface area contributed by atoms with Crippen LogP contribution in [0.15, 0.2) is 45.1 Å². The van der Waals surface area contributed by atoms with Gasteiger partial charge in [0.2, 0.25) is 5.91 Å². The molecule has 3 heterocycles. The first-order valence-corrected chi connectivity index (χ1v) is 7.34. The number of rotatable bonds is 4. The topological polar surface area (TPSA) is 90.0 Å². The number of amides is 1. The summed E-state index contributed by atoms with van der Waals surface area (Å²) in [4.78, 5) is 27.9. The Hall–Kier alpha value is -2.74. The second kappa shape index (κ2) is 5.94. The highest BCUT2D eigenvalue weighted by Crippen LogP contribution is 2.16. The Morgan fingerprint density at radius 2 is 2.27 bits per heavy atom. The first-order chi connectivity index (χ1) is 10.6. The predicted octanol–water partition coefficient (Wildman–Crippen LogP) is 1.91. The fraction of sp³-hybridized carbons (Fsp3) is 0.143. The Morgan fingerprint density at radius 3 is 2.95 bits per heavy atom. The van der Waals surface area contributed by atoms with E-state index < -0.39 is 0 Å². The Morgan fingerprint density at radius 1 is 1.41 bits per heavy atom. The summed E-state index contributed by atoms with van der Waals surface area (Å²) in [6, 6.07) is 6.37. The van der Waals surface area contributed by atoms with Gasteiger partial charge in [-0.25, -0.2) is 9.67 Å². The van der Waals surface area contributed by atoms with Gasteiger partial charge in [-0.1, -0.05) is 0 Å². The third-order valence-electron chi connectivity index (χ3n) is 2.80. The lowest BCUT2D eigenvalue weighted by Gasteiger charge is -2.05. The number of hydrogen-bond acceptors (Lipinski definition) is 6. The van der Waals surface area contributed by atoms with E-state index in [1.54, 1.807) is 18.2 Å². The summed E-state index contributed by atoms with van der Waals surface area (Å²) in [5.74, 6) is 0.172. The molecule has 0 bridgehead atoms. The number of hydrogen-bond donors (Lipinski definition) is 1. The number of nitrogens with zero attached hydrogens (tertiary/aromatic N) is 3. The maximum atomic E-state index is 12.0. The molecule has 7 nitrogen and oxygen atoms in total. The molecular formula is C14H12N4O3S. The van der Waals surface area contributed by atoms with E-state index in [4.69, 9.17) is 4.42 Å². The normalized spacial score (nSPS) is 10.6. The van der Waals surface area contributed by atoms with Crippen LogP contribution in [0.2, 0.25) is 0 Å². The lowest BCUT2D eigenvalue weighted by Crippen LogP contribution is -2.29. The first-order valence-electron chi connectivity index (χ1n) is 6.46. The third-order valence-corrected chi connectivity index (χ3v) is 3.67. The van der Waals surface area contributed by atoms with E-state index in [-0.39, 0.29) is 18.0 Å². The SMILES string of the molecule is Cc1csc(NC(=O)Cn2nc(-c3ccco3)ccc2=O)n1. The molecule has 3 rings (SSSR count). The fourth-order valence-electron chi connectivity index (χ4n) is 1.82. The largest absolute Gasteiger partial charge is 0.463 e. The number of furan rings is 1. The van der Waals surface area contributed by atoms with Gasteiger partial charge in [-0.3, -0.25) is 9.59 Å². The molecule has 0 saturated heterocycles. The van der Waals surface area contributed by atoms with E-state index in [0.717, 1.165) is 10.4 Å². The highest BCUT2D eigenvalue weighted by atomic mass is 32.1. The van der Waals surface area contributed by atoms with E-state index in [1.807, 2.05) is 12.3 Å². The maximum absolute atomic E-state index is 12.0. The molecule has 8 heteroatoms. The first kappa shape index (κ1) is 14.2. The summed E-state index contributed by atoms with van der Waals surface area (Å²) in [6.45, 7) is 1.65. The molecule has 0 aliphatic carbocycles. The molecule has 0 aromatic carbocycles. The average Bonchev–Trinajstić information content (AvgIpc) is 3.13. The molecule has 0 unspecified atom stereocenters. The summed E-state index contributed by atoms with van der Waals surface area (Å²) < 4.78 is 6.32. The summed E-state index contributed by atoms with van der Waals surface area (Å²) in [5.41, 5.74) is 0.957. The van der Waals surface area contributed by atoms with E-state index in [2.05, 4.69) is 15.4 Å². The smallest absolute Gasteiger partial charge is 0.267 e. The van der Waals surface area contributed by atoms with Gasteiger partial charge in [-0.2, -0.15) is 5.10 Å². The van der Waals surface area contributed by atoms with Crippen LogP contribution in [0.5, 0.6) is 0 Å². The Kier molecular flexibility index (Phi) is 3.84. The van der Waals surface area contributed by atoms with E-state index in [9.17, 15) is 9.59 Å². The second-order valence-corrected chi connectivity index (χ2v) is 5.39. The predicted molar refractivity (Wildman–Crippen MR) is 81.7 cm³/mol. The van der Waals surface area contributed by atoms with Crippen molar-refractivity contribution in [3.8, 4) is 11.5 Å². The zero-order chi connectivity index (χ0) is 15.5. The van der Waals surface area contributed by atoms with Crippen LogP contribution in [-0.4, -0.2) is 20.7 Å². The van der Waals surface area contributed by atoms with Crippen LogP contribution in [0.1, 0.15) is 5.69 Å². The molecule has 0 fully saturated rings. The molecule has 0 aliphatic rings. The number of carbonyl (C=O) groups excluding carboxylic acids is 1. The maximum Gasteiger partial charge on any atom is 0.267 e. The fourth-order valence-corrected chi connectivity index (χ4v) is 2.53. The lowest BCUT2D eigenvalue weighted by atomic mass is 10.3. The summed E-state index contributed by atoms with van der Waals surface area (Å²) in [6.07, 6.45) is 1.52. The minimum absolute atomic E-state index is 0.188. The van der Waals surface area contributed by atoms with Crippen molar-refractivity contribution in [2.45, 2.75) is 13.5 Å². The third kappa shape index (κ3) is 3.12. The highest BCUT2D eigenvalue weighted by molar-refractivity contribution is 7.13. The molecule has 0 radical (unpaired) electrons. The van der Waals surface area contributed by atoms with Gasteiger partial charge in [-0.05, 0) is 25.1 Å². The van der Waals surface area contributed by atoms with Gasteiger partial charge in [-0.15, -0.1) is 11.3 Å². The van der Waals surface area contributed by atoms with Crippen molar-refractivity contribution in [1.29, 1.82) is 0 Å². The monoisotopic (exact) mass is 316 g/mol. The van der Waals surface area contributed by atoms with Crippen LogP contribution in [0.4, 0.5) is 5.13 Å². The Bertz CT molecular complexity index is 851. The van der Waals surface area contributed by atoms with Crippen molar-refractivity contribution >= 4 is 22.4 Å². The van der Waals surface area contributed by atoms with Gasteiger partial charge in [0.25, 0.3) is 5.56 Å². The molecule has 112 valence electrons. The molecular weight excluding hydrogens is 304 g/mol. The van der Waals surface area contributed by atoms with E-state index in [0.29, 0.717) is 16.6 Å². The minimum Gasteiger partial charge on any atom is -0.463 e. The number of anilines is 1. The van der Waals surface area contributed by atoms with Crippen LogP contribution in [0.25, 0.3) is 11.5 Å². The average molecular weight is 316 g/mol. The van der Waals surface area contributed by atoms with Crippen LogP contribution in [-0.2, 0) is 11.3 Å². The zero-order valence-electron chi connectivity index (χ0n) is 11.6. The van der Waals surface area contributed by atoms with Crippen LogP contribution in [0, 0.1) is 6.92 Å². The van der Waals surface area contributed by atoms with Crippen molar-refractivity contribution in [3.05, 3.63) is 52.0 Å². The van der Waals surface area contributed by atoms with Crippen LogP contribution < -0.4 is 10.9 Å². The quantitative estimate of drug-likeness (QED) is 0.794. The Balaban J connectivity index is 1.78. The van der Waals surface area contributed by atoms with Crippen molar-refractivity contribution in [2.75, 3.05) is 5.32 Å². The Labute approximate surface area is 129 Å². The van der Waals surface area contributed by atoms with E-state index >= 15 is 0 Å². The summed E-state index contributed by atoms with van der Waals surface area (Å²) in [5, 5.41) is 9.10. The number of carbonyl (C=O) groups is 1. The standard InChI is InChI=1S/C14H12N4O3S/c1-9-8-22-14(15-9)16-12(19)7-18-13(20)5-4-10(17-18)11-3-2-6-21-11/h2-6,8H,7H2,1H3,(H,15,16,19). The number of nitrogens with one attached hydrogen (secondary N) is 1.